The van der Waals surface area contributed by atoms with Gasteiger partial charge in [-0.1, -0.05) is 79.5 Å². The number of allylic oxidation sites excluding steroid dienone is 1. The maximum Gasteiger partial charge on any atom is 0.254 e. The van der Waals surface area contributed by atoms with Crippen molar-refractivity contribution in [2.75, 3.05) is 26.0 Å². The van der Waals surface area contributed by atoms with Crippen LogP contribution in [0.4, 0.5) is 8.78 Å². The molecule has 1 aromatic rings. The number of nitrogens with one attached hydrogen (secondary N) is 1. The first-order chi connectivity index (χ1) is 18.7. The van der Waals surface area contributed by atoms with Gasteiger partial charge in [-0.15, -0.1) is 24.9 Å². The molecule has 0 amide bonds. The molecule has 0 aliphatic rings. The van der Waals surface area contributed by atoms with Crippen LogP contribution in [0.3, 0.4) is 0 Å². The molecule has 0 radical (unpaired) electrons. The monoisotopic (exact) mass is 573 g/mol. The lowest BCUT2D eigenvalue weighted by Gasteiger charge is -2.15. The molecule has 230 valence electrons. The number of aliphatic hydroxyl groups is 1. The molecule has 0 fully saturated rings. The predicted octanol–water partition coefficient (Wildman–Crippen LogP) is 10.00. The first-order valence-corrected chi connectivity index (χ1v) is 15.0. The quantitative estimate of drug-likeness (QED) is 0.132. The number of halogens is 2. The molecule has 0 spiro atoms. The molecule has 0 aliphatic heterocycles. The summed E-state index contributed by atoms with van der Waals surface area (Å²) in [5, 5.41) is 10.4. The fourth-order valence-electron chi connectivity index (χ4n) is 2.97. The van der Waals surface area contributed by atoms with E-state index in [0.29, 0.717) is 0 Å². The van der Waals surface area contributed by atoms with Crippen molar-refractivity contribution >= 4 is 24.6 Å². The number of rotatable bonds is 14. The molecule has 1 heterocycles. The number of aliphatic imine (C=N–C) groups is 1. The van der Waals surface area contributed by atoms with E-state index < -0.39 is 5.92 Å². The van der Waals surface area contributed by atoms with Crippen LogP contribution in [0.15, 0.2) is 53.7 Å². The summed E-state index contributed by atoms with van der Waals surface area (Å²) in [6.45, 7) is 32.1. The van der Waals surface area contributed by atoms with Gasteiger partial charge in [0.15, 0.2) is 0 Å². The molecule has 39 heavy (non-hydrogen) atoms. The Morgan fingerprint density at radius 3 is 2.10 bits per heavy atom. The predicted molar refractivity (Wildman–Crippen MR) is 177 cm³/mol. The number of alkyl halides is 2. The SMILES string of the molecule is C=C.C=Cc1cccnc1C.C=N/C(C)=C(/CCNCC[C@@H](CC)CCC)SCC(C)(F)F.CC.CC.CO. The average Bonchev–Trinajstić information content (AvgIpc) is 2.97. The maximum atomic E-state index is 13.0. The smallest absolute Gasteiger partial charge is 0.254 e. The molecule has 0 aliphatic carbocycles. The van der Waals surface area contributed by atoms with Crippen LogP contribution in [0.5, 0.6) is 0 Å². The number of nitrogens with zero attached hydrogens (tertiary/aromatic N) is 2. The van der Waals surface area contributed by atoms with Gasteiger partial charge in [0.05, 0.1) is 5.75 Å². The highest BCUT2D eigenvalue weighted by Gasteiger charge is 2.22. The zero-order chi connectivity index (χ0) is 31.7. The van der Waals surface area contributed by atoms with Crippen LogP contribution >= 0.6 is 11.8 Å². The van der Waals surface area contributed by atoms with E-state index in [1.807, 2.05) is 59.8 Å². The van der Waals surface area contributed by atoms with Crippen LogP contribution in [0.2, 0.25) is 0 Å². The Labute approximate surface area is 245 Å². The minimum Gasteiger partial charge on any atom is -0.400 e. The molecule has 0 bridgehead atoms. The first-order valence-electron chi connectivity index (χ1n) is 14.0. The zero-order valence-corrected chi connectivity index (χ0v) is 27.7. The van der Waals surface area contributed by atoms with Crippen molar-refractivity contribution in [2.24, 2.45) is 10.9 Å². The first kappa shape index (κ1) is 47.0. The maximum absolute atomic E-state index is 13.0. The molecule has 1 rings (SSSR count). The van der Waals surface area contributed by atoms with Gasteiger partial charge in [-0.3, -0.25) is 9.98 Å². The Morgan fingerprint density at radius 2 is 1.72 bits per heavy atom. The van der Waals surface area contributed by atoms with Crippen molar-refractivity contribution in [2.45, 2.75) is 100 Å². The third-order valence-corrected chi connectivity index (χ3v) is 6.44. The van der Waals surface area contributed by atoms with Gasteiger partial charge in [-0.05, 0) is 64.0 Å². The Kier molecular flexibility index (Phi) is 43.6. The van der Waals surface area contributed by atoms with Gasteiger partial charge in [-0.25, -0.2) is 8.78 Å². The van der Waals surface area contributed by atoms with Gasteiger partial charge >= 0.3 is 0 Å². The van der Waals surface area contributed by atoms with Gasteiger partial charge < -0.3 is 10.4 Å². The highest BCUT2D eigenvalue weighted by molar-refractivity contribution is 8.03. The van der Waals surface area contributed by atoms with Crippen molar-refractivity contribution in [3.63, 3.8) is 0 Å². The largest absolute Gasteiger partial charge is 0.400 e. The molecular weight excluding hydrogens is 512 g/mol. The van der Waals surface area contributed by atoms with Crippen molar-refractivity contribution in [3.05, 3.63) is 59.9 Å². The van der Waals surface area contributed by atoms with E-state index >= 15 is 0 Å². The summed E-state index contributed by atoms with van der Waals surface area (Å²) < 4.78 is 26.0. The summed E-state index contributed by atoms with van der Waals surface area (Å²) in [7, 11) is 1.00. The molecule has 2 N–H and O–H groups in total. The summed E-state index contributed by atoms with van der Waals surface area (Å²) >= 11 is 1.19. The fourth-order valence-corrected chi connectivity index (χ4v) is 3.91. The number of pyridine rings is 1. The van der Waals surface area contributed by atoms with Gasteiger partial charge in [-0.2, -0.15) is 0 Å². The van der Waals surface area contributed by atoms with Crippen molar-refractivity contribution in [3.8, 4) is 0 Å². The van der Waals surface area contributed by atoms with E-state index in [-0.39, 0.29) is 5.75 Å². The summed E-state index contributed by atoms with van der Waals surface area (Å²) in [4.78, 5) is 8.88. The van der Waals surface area contributed by atoms with Crippen LogP contribution in [-0.4, -0.2) is 48.7 Å². The number of thioether (sulfide) groups is 1. The minimum absolute atomic E-state index is 0.205. The van der Waals surface area contributed by atoms with Gasteiger partial charge in [0.25, 0.3) is 5.92 Å². The summed E-state index contributed by atoms with van der Waals surface area (Å²) in [5.74, 6) is -2.07. The van der Waals surface area contributed by atoms with Crippen LogP contribution < -0.4 is 5.32 Å². The van der Waals surface area contributed by atoms with E-state index in [2.05, 4.69) is 55.6 Å². The van der Waals surface area contributed by atoms with Gasteiger partial charge in [0.2, 0.25) is 0 Å². The second kappa shape index (κ2) is 36.2. The average molecular weight is 574 g/mol. The summed E-state index contributed by atoms with van der Waals surface area (Å²) in [6.07, 6.45) is 9.24. The topological polar surface area (TPSA) is 57.5 Å². The lowest BCUT2D eigenvalue weighted by atomic mass is 9.97. The third-order valence-electron chi connectivity index (χ3n) is 4.94. The van der Waals surface area contributed by atoms with Crippen molar-refractivity contribution < 1.29 is 13.9 Å². The molecular formula is C32H61F2N3OS. The van der Waals surface area contributed by atoms with E-state index in [4.69, 9.17) is 5.11 Å². The number of hydrogen-bond donors (Lipinski definition) is 2. The number of aliphatic hydroxyl groups excluding tert-OH is 1. The summed E-state index contributed by atoms with van der Waals surface area (Å²) in [6, 6.07) is 3.90. The highest BCUT2D eigenvalue weighted by Crippen LogP contribution is 2.29. The fraction of sp³-hybridized carbons (Fsp3) is 0.625. The standard InChI is InChI=1S/C17H32F2N2S.C8H9N.2C2H6.C2H4.CH4O/c1-6-8-15(7-2)9-11-21-12-10-16(14(3)20-5)22-13-17(4,18)19;1-3-8-5-4-6-9-7(8)2;4*1-2/h15,21H,5-13H2,1-4H3;3-6H,1H2,2H3;2*1-2H3;1-2H2;2H,1H3/b16-14-;;;;;/t15-;;;;;/m0...../s1. The van der Waals surface area contributed by atoms with E-state index in [1.165, 1.54) is 37.4 Å². The molecule has 1 aromatic heterocycles. The molecule has 7 heteroatoms. The van der Waals surface area contributed by atoms with Crippen LogP contribution in [0.1, 0.15) is 98.8 Å². The minimum atomic E-state index is -2.65. The Bertz CT molecular complexity index is 692. The molecule has 0 saturated carbocycles. The number of aryl methyl sites for hydroxylation is 1. The lowest BCUT2D eigenvalue weighted by Crippen LogP contribution is -2.20. The number of aromatic nitrogens is 1. The van der Waals surface area contributed by atoms with Gasteiger partial charge in [0.1, 0.15) is 0 Å². The summed E-state index contributed by atoms with van der Waals surface area (Å²) in [5.41, 5.74) is 2.90. The van der Waals surface area contributed by atoms with E-state index in [1.54, 1.807) is 6.20 Å². The van der Waals surface area contributed by atoms with E-state index in [9.17, 15) is 8.78 Å². The Hall–Kier alpha value is -1.83. The highest BCUT2D eigenvalue weighted by atomic mass is 32.2. The second-order valence-corrected chi connectivity index (χ2v) is 8.83. The second-order valence-electron chi connectivity index (χ2n) is 7.76. The molecule has 1 atom stereocenters. The third kappa shape index (κ3) is 32.3. The zero-order valence-electron chi connectivity index (χ0n) is 26.9. The molecule has 0 unspecified atom stereocenters. The molecule has 0 aromatic carbocycles. The number of hydrogen-bond acceptors (Lipinski definition) is 5. The van der Waals surface area contributed by atoms with Crippen molar-refractivity contribution in [1.29, 1.82) is 0 Å². The van der Waals surface area contributed by atoms with Crippen molar-refractivity contribution in [1.82, 2.24) is 10.3 Å². The van der Waals surface area contributed by atoms with Gasteiger partial charge in [0, 0.05) is 36.5 Å². The Morgan fingerprint density at radius 1 is 1.15 bits per heavy atom. The molecule has 4 nitrogen and oxygen atoms in total. The molecule has 0 saturated heterocycles. The van der Waals surface area contributed by atoms with Crippen LogP contribution in [-0.2, 0) is 0 Å². The van der Waals surface area contributed by atoms with Crippen LogP contribution in [0.25, 0.3) is 6.08 Å². The van der Waals surface area contributed by atoms with E-state index in [0.717, 1.165) is 61.3 Å². The Balaban J connectivity index is -0.000000186. The lowest BCUT2D eigenvalue weighted by molar-refractivity contribution is 0.0493. The normalized spacial score (nSPS) is 10.9. The van der Waals surface area contributed by atoms with Crippen LogP contribution in [0, 0.1) is 12.8 Å².